The third-order valence-electron chi connectivity index (χ3n) is 5.45. The maximum absolute atomic E-state index is 13.1. The number of nitrogens with one attached hydrogen (secondary N) is 3. The van der Waals surface area contributed by atoms with E-state index in [0.29, 0.717) is 0 Å². The number of imide groups is 1. The Morgan fingerprint density at radius 2 is 1.86 bits per heavy atom. The predicted octanol–water partition coefficient (Wildman–Crippen LogP) is 1.62. The zero-order valence-corrected chi connectivity index (χ0v) is 17.0. The van der Waals surface area contributed by atoms with Crippen LogP contribution in [0.3, 0.4) is 0 Å². The second-order valence-electron chi connectivity index (χ2n) is 7.04. The summed E-state index contributed by atoms with van der Waals surface area (Å²) in [6.07, 6.45) is 1.88. The molecule has 3 atom stereocenters. The van der Waals surface area contributed by atoms with Gasteiger partial charge in [0, 0.05) is 25.5 Å². The molecular formula is C22H28N3O4+. The minimum absolute atomic E-state index is 0.0423. The third-order valence-corrected chi connectivity index (χ3v) is 5.45. The molecule has 0 spiro atoms. The summed E-state index contributed by atoms with van der Waals surface area (Å²) in [7, 11) is 4.77. The zero-order valence-electron chi connectivity index (χ0n) is 17.0. The summed E-state index contributed by atoms with van der Waals surface area (Å²) < 4.78 is 11.0. The van der Waals surface area contributed by atoms with E-state index in [4.69, 9.17) is 9.47 Å². The van der Waals surface area contributed by atoms with Crippen molar-refractivity contribution in [3.05, 3.63) is 59.7 Å². The summed E-state index contributed by atoms with van der Waals surface area (Å²) >= 11 is 0. The summed E-state index contributed by atoms with van der Waals surface area (Å²) in [5.41, 5.74) is 1.88. The number of quaternary nitrogens is 1. The Bertz CT molecular complexity index is 856. The topological polar surface area (TPSA) is 81.1 Å². The van der Waals surface area contributed by atoms with Crippen molar-refractivity contribution in [2.75, 3.05) is 27.8 Å². The van der Waals surface area contributed by atoms with Crippen molar-refractivity contribution in [3.63, 3.8) is 0 Å². The summed E-state index contributed by atoms with van der Waals surface area (Å²) in [6.45, 7) is 0.811. The molecule has 0 bridgehead atoms. The molecule has 29 heavy (non-hydrogen) atoms. The minimum atomic E-state index is -0.517. The quantitative estimate of drug-likeness (QED) is 0.691. The van der Waals surface area contributed by atoms with Crippen LogP contribution in [0.15, 0.2) is 48.5 Å². The minimum Gasteiger partial charge on any atom is -0.497 e. The molecule has 1 heterocycles. The van der Waals surface area contributed by atoms with Gasteiger partial charge in [-0.3, -0.25) is 10.1 Å². The normalized spacial score (nSPS) is 19.3. The van der Waals surface area contributed by atoms with E-state index in [1.807, 2.05) is 48.5 Å². The van der Waals surface area contributed by atoms with E-state index in [-0.39, 0.29) is 11.9 Å². The lowest BCUT2D eigenvalue weighted by molar-refractivity contribution is -0.940. The van der Waals surface area contributed by atoms with Crippen LogP contribution in [-0.2, 0) is 4.79 Å². The number of carbonyl (C=O) groups excluding carboxylic acids is 2. The Kier molecular flexibility index (Phi) is 6.72. The second kappa shape index (κ2) is 9.43. The fraction of sp³-hybridized carbons (Fsp3) is 0.364. The largest absolute Gasteiger partial charge is 0.497 e. The number of methoxy groups -OCH3 is 2. The average Bonchev–Trinajstić information content (AvgIpc) is 3.23. The number of hydrogen-bond donors (Lipinski definition) is 3. The molecule has 3 N–H and O–H groups in total. The zero-order chi connectivity index (χ0) is 20.8. The Labute approximate surface area is 171 Å². The van der Waals surface area contributed by atoms with Crippen molar-refractivity contribution in [2.24, 2.45) is 0 Å². The summed E-state index contributed by atoms with van der Waals surface area (Å²) in [4.78, 5) is 26.0. The maximum atomic E-state index is 13.1. The highest BCUT2D eigenvalue weighted by Gasteiger charge is 2.42. The van der Waals surface area contributed by atoms with Gasteiger partial charge in [-0.05, 0) is 18.2 Å². The van der Waals surface area contributed by atoms with Crippen molar-refractivity contribution in [3.8, 4) is 11.5 Å². The van der Waals surface area contributed by atoms with Crippen molar-refractivity contribution >= 4 is 11.9 Å². The van der Waals surface area contributed by atoms with Gasteiger partial charge in [-0.1, -0.05) is 30.3 Å². The van der Waals surface area contributed by atoms with Gasteiger partial charge in [0.1, 0.15) is 17.5 Å². The van der Waals surface area contributed by atoms with E-state index >= 15 is 0 Å². The molecule has 2 aromatic carbocycles. The molecule has 0 saturated carbocycles. The average molecular weight is 398 g/mol. The van der Waals surface area contributed by atoms with Gasteiger partial charge in [0.2, 0.25) is 0 Å². The highest BCUT2D eigenvalue weighted by molar-refractivity contribution is 5.96. The van der Waals surface area contributed by atoms with Crippen molar-refractivity contribution in [1.82, 2.24) is 10.6 Å². The lowest BCUT2D eigenvalue weighted by Gasteiger charge is -2.30. The van der Waals surface area contributed by atoms with Crippen molar-refractivity contribution in [2.45, 2.75) is 24.9 Å². The fourth-order valence-corrected chi connectivity index (χ4v) is 4.11. The van der Waals surface area contributed by atoms with Gasteiger partial charge in [0.05, 0.1) is 26.3 Å². The first-order valence-corrected chi connectivity index (χ1v) is 9.74. The molecule has 0 aliphatic carbocycles. The van der Waals surface area contributed by atoms with Crippen molar-refractivity contribution in [1.29, 1.82) is 0 Å². The molecule has 1 unspecified atom stereocenters. The van der Waals surface area contributed by atoms with Gasteiger partial charge in [-0.2, -0.15) is 0 Å². The number of likely N-dealkylation sites (tertiary alicyclic amines) is 1. The molecular weight excluding hydrogens is 370 g/mol. The molecule has 2 aromatic rings. The van der Waals surface area contributed by atoms with Crippen LogP contribution < -0.4 is 25.0 Å². The lowest BCUT2D eigenvalue weighted by Crippen LogP contribution is -3.11. The molecule has 0 aromatic heterocycles. The molecule has 1 aliphatic heterocycles. The summed E-state index contributed by atoms with van der Waals surface area (Å²) in [6, 6.07) is 14.3. The van der Waals surface area contributed by atoms with E-state index < -0.39 is 12.1 Å². The summed E-state index contributed by atoms with van der Waals surface area (Å²) in [5, 5.41) is 4.91. The van der Waals surface area contributed by atoms with Crippen LogP contribution >= 0.6 is 0 Å². The first-order chi connectivity index (χ1) is 14.1. The Balaban J connectivity index is 2.01. The first-order valence-electron chi connectivity index (χ1n) is 9.74. The van der Waals surface area contributed by atoms with Crippen molar-refractivity contribution < 1.29 is 24.0 Å². The number of hydrogen-bond acceptors (Lipinski definition) is 4. The van der Waals surface area contributed by atoms with E-state index in [1.54, 1.807) is 14.2 Å². The molecule has 3 amide bonds. The van der Waals surface area contributed by atoms with Gasteiger partial charge in [0.25, 0.3) is 5.91 Å². The van der Waals surface area contributed by atoms with Crippen LogP contribution in [0.25, 0.3) is 0 Å². The standard InChI is InChI=1S/C22H27N3O4/c1-23-22(27)24-21(26)20(15-8-5-4-6-9-15)25-13-7-10-18(25)17-14-16(28-2)11-12-19(17)29-3/h4-6,8-9,11-12,14,18,20H,7,10,13H2,1-3H3,(H2,23,24,26,27)/p+1/t18-,20-/m1/s1. The number of amides is 3. The predicted molar refractivity (Wildman–Crippen MR) is 109 cm³/mol. The number of rotatable bonds is 6. The highest BCUT2D eigenvalue weighted by atomic mass is 16.5. The Morgan fingerprint density at radius 3 is 2.52 bits per heavy atom. The van der Waals surface area contributed by atoms with E-state index in [9.17, 15) is 9.59 Å². The molecule has 1 aliphatic rings. The van der Waals surface area contributed by atoms with Crippen LogP contribution in [0.2, 0.25) is 0 Å². The van der Waals surface area contributed by atoms with Gasteiger partial charge in [-0.25, -0.2) is 4.79 Å². The molecule has 0 radical (unpaired) electrons. The van der Waals surface area contributed by atoms with Gasteiger partial charge < -0.3 is 19.7 Å². The smallest absolute Gasteiger partial charge is 0.321 e. The molecule has 1 fully saturated rings. The van der Waals surface area contributed by atoms with Crippen LogP contribution in [0.5, 0.6) is 11.5 Å². The van der Waals surface area contributed by atoms with Gasteiger partial charge >= 0.3 is 6.03 Å². The Morgan fingerprint density at radius 1 is 1.10 bits per heavy atom. The van der Waals surface area contributed by atoms with E-state index in [1.165, 1.54) is 7.05 Å². The first kappa shape index (κ1) is 20.7. The maximum Gasteiger partial charge on any atom is 0.321 e. The summed E-state index contributed by atoms with van der Waals surface area (Å²) in [5.74, 6) is 1.20. The monoisotopic (exact) mass is 398 g/mol. The second-order valence-corrected chi connectivity index (χ2v) is 7.04. The number of benzene rings is 2. The van der Waals surface area contributed by atoms with E-state index in [2.05, 4.69) is 10.6 Å². The lowest BCUT2D eigenvalue weighted by atomic mass is 9.98. The number of carbonyl (C=O) groups is 2. The molecule has 7 heteroatoms. The number of urea groups is 1. The third kappa shape index (κ3) is 4.51. The SMILES string of the molecule is CNC(=O)NC(=O)[C@@H](c1ccccc1)[NH+]1CCC[C@@H]1c1cc(OC)ccc1OC. The van der Waals surface area contributed by atoms with Crippen LogP contribution in [-0.4, -0.2) is 39.8 Å². The highest BCUT2D eigenvalue weighted by Crippen LogP contribution is 2.33. The Hall–Kier alpha value is -3.06. The van der Waals surface area contributed by atoms with Crippen LogP contribution in [0.4, 0.5) is 4.79 Å². The molecule has 7 nitrogen and oxygen atoms in total. The van der Waals surface area contributed by atoms with Gasteiger partial charge in [0.15, 0.2) is 6.04 Å². The number of ether oxygens (including phenoxy) is 2. The van der Waals surface area contributed by atoms with Crippen LogP contribution in [0, 0.1) is 0 Å². The molecule has 154 valence electrons. The van der Waals surface area contributed by atoms with Crippen LogP contribution in [0.1, 0.15) is 36.1 Å². The van der Waals surface area contributed by atoms with Gasteiger partial charge in [-0.15, -0.1) is 0 Å². The van der Waals surface area contributed by atoms with E-state index in [0.717, 1.165) is 46.9 Å². The fourth-order valence-electron chi connectivity index (χ4n) is 4.11. The molecule has 3 rings (SSSR count). The molecule has 1 saturated heterocycles.